The van der Waals surface area contributed by atoms with Crippen LogP contribution in [0.2, 0.25) is 0 Å². The second-order valence-corrected chi connectivity index (χ2v) is 7.24. The molecular formula is C20H25NO4. The Morgan fingerprint density at radius 1 is 1.44 bits per heavy atom. The first-order valence-electron chi connectivity index (χ1n) is 9.01. The fourth-order valence-corrected chi connectivity index (χ4v) is 4.40. The summed E-state index contributed by atoms with van der Waals surface area (Å²) >= 11 is 0. The van der Waals surface area contributed by atoms with E-state index in [-0.39, 0.29) is 23.6 Å². The zero-order valence-electron chi connectivity index (χ0n) is 15.1. The highest BCUT2D eigenvalue weighted by atomic mass is 16.6. The number of rotatable bonds is 3. The average molecular weight is 343 g/mol. The number of hydrogen-bond donors (Lipinski definition) is 0. The molecule has 3 atom stereocenters. The summed E-state index contributed by atoms with van der Waals surface area (Å²) in [5.74, 6) is 1.49. The number of carbonyl (C=O) groups is 1. The SMILES string of the molecule is CCC(=O)O[C@H]1C=C[C@@]23CCN(C)Cc4ccc(OC)c(c42)OC3C1. The van der Waals surface area contributed by atoms with Crippen LogP contribution in [0.5, 0.6) is 11.5 Å². The lowest BCUT2D eigenvalue weighted by molar-refractivity contribution is -0.148. The van der Waals surface area contributed by atoms with Crippen molar-refractivity contribution in [1.29, 1.82) is 0 Å². The largest absolute Gasteiger partial charge is 0.493 e. The van der Waals surface area contributed by atoms with Crippen LogP contribution in [0.15, 0.2) is 24.3 Å². The number of benzene rings is 1. The van der Waals surface area contributed by atoms with Crippen LogP contribution in [-0.2, 0) is 21.5 Å². The monoisotopic (exact) mass is 343 g/mol. The van der Waals surface area contributed by atoms with Crippen LogP contribution in [0.1, 0.15) is 37.3 Å². The Kier molecular flexibility index (Phi) is 3.99. The molecule has 0 saturated carbocycles. The fourth-order valence-electron chi connectivity index (χ4n) is 4.40. The van der Waals surface area contributed by atoms with Gasteiger partial charge in [0.25, 0.3) is 0 Å². The summed E-state index contributed by atoms with van der Waals surface area (Å²) in [5, 5.41) is 0. The van der Waals surface area contributed by atoms with Crippen LogP contribution in [0.4, 0.5) is 0 Å². The summed E-state index contributed by atoms with van der Waals surface area (Å²) in [5.41, 5.74) is 2.41. The van der Waals surface area contributed by atoms with Gasteiger partial charge in [-0.15, -0.1) is 0 Å². The van der Waals surface area contributed by atoms with Gasteiger partial charge in [0, 0.05) is 24.9 Å². The van der Waals surface area contributed by atoms with E-state index < -0.39 is 0 Å². The first-order chi connectivity index (χ1) is 12.1. The maximum atomic E-state index is 11.7. The molecule has 1 unspecified atom stereocenters. The van der Waals surface area contributed by atoms with E-state index in [9.17, 15) is 4.79 Å². The Balaban J connectivity index is 1.77. The predicted molar refractivity (Wildman–Crippen MR) is 94.0 cm³/mol. The van der Waals surface area contributed by atoms with Gasteiger partial charge < -0.3 is 19.1 Å². The van der Waals surface area contributed by atoms with Gasteiger partial charge in [-0.3, -0.25) is 4.79 Å². The van der Waals surface area contributed by atoms with Crippen molar-refractivity contribution in [2.45, 2.75) is 50.4 Å². The van der Waals surface area contributed by atoms with Crippen molar-refractivity contribution in [2.24, 2.45) is 0 Å². The number of carbonyl (C=O) groups excluding carboxylic acids is 1. The van der Waals surface area contributed by atoms with E-state index in [4.69, 9.17) is 14.2 Å². The average Bonchev–Trinajstić information content (AvgIpc) is 2.87. The topological polar surface area (TPSA) is 48.0 Å². The molecule has 4 rings (SSSR count). The van der Waals surface area contributed by atoms with Gasteiger partial charge in [-0.05, 0) is 37.7 Å². The molecule has 2 aliphatic heterocycles. The van der Waals surface area contributed by atoms with Gasteiger partial charge in [0.15, 0.2) is 11.5 Å². The molecule has 134 valence electrons. The first kappa shape index (κ1) is 16.5. The van der Waals surface area contributed by atoms with E-state index in [1.165, 1.54) is 11.1 Å². The molecule has 3 aliphatic rings. The Labute approximate surface area is 148 Å². The van der Waals surface area contributed by atoms with Crippen molar-refractivity contribution in [2.75, 3.05) is 20.7 Å². The lowest BCUT2D eigenvalue weighted by Gasteiger charge is -2.36. The van der Waals surface area contributed by atoms with E-state index in [2.05, 4.69) is 30.2 Å². The standard InChI is InChI=1S/C20H25NO4/c1-4-17(22)24-14-7-8-20-9-10-21(2)12-13-5-6-15(23-3)19(18(13)20)25-16(20)11-14/h5-8,14,16H,4,9-12H2,1-3H3/t14-,16?,20-/m0/s1. The van der Waals surface area contributed by atoms with Gasteiger partial charge in [-0.2, -0.15) is 0 Å². The summed E-state index contributed by atoms with van der Waals surface area (Å²) in [6.45, 7) is 3.73. The van der Waals surface area contributed by atoms with E-state index >= 15 is 0 Å². The molecule has 1 aromatic rings. The molecule has 25 heavy (non-hydrogen) atoms. The maximum absolute atomic E-state index is 11.7. The Hall–Kier alpha value is -2.01. The number of nitrogens with zero attached hydrogens (tertiary/aromatic N) is 1. The molecule has 0 fully saturated rings. The number of ether oxygens (including phenoxy) is 3. The highest BCUT2D eigenvalue weighted by molar-refractivity contribution is 5.69. The molecule has 1 spiro atoms. The Bertz CT molecular complexity index is 729. The fraction of sp³-hybridized carbons (Fsp3) is 0.550. The normalized spacial score (nSPS) is 30.0. The van der Waals surface area contributed by atoms with E-state index in [1.807, 2.05) is 13.0 Å². The molecule has 0 bridgehead atoms. The van der Waals surface area contributed by atoms with E-state index in [1.54, 1.807) is 7.11 Å². The van der Waals surface area contributed by atoms with Crippen molar-refractivity contribution < 1.29 is 19.0 Å². The molecule has 5 nitrogen and oxygen atoms in total. The zero-order chi connectivity index (χ0) is 17.6. The van der Waals surface area contributed by atoms with Gasteiger partial charge in [0.1, 0.15) is 12.2 Å². The van der Waals surface area contributed by atoms with E-state index in [0.717, 1.165) is 31.0 Å². The minimum absolute atomic E-state index is 0.0243. The minimum Gasteiger partial charge on any atom is -0.493 e. The summed E-state index contributed by atoms with van der Waals surface area (Å²) in [7, 11) is 3.84. The van der Waals surface area contributed by atoms with Gasteiger partial charge in [-0.25, -0.2) is 0 Å². The Morgan fingerprint density at radius 2 is 2.28 bits per heavy atom. The molecule has 2 heterocycles. The number of methoxy groups -OCH3 is 1. The van der Waals surface area contributed by atoms with Crippen molar-refractivity contribution in [3.8, 4) is 11.5 Å². The molecule has 1 aromatic carbocycles. The van der Waals surface area contributed by atoms with Crippen LogP contribution in [-0.4, -0.2) is 43.8 Å². The lowest BCUT2D eigenvalue weighted by Crippen LogP contribution is -2.43. The van der Waals surface area contributed by atoms with Gasteiger partial charge in [0.2, 0.25) is 0 Å². The molecule has 0 N–H and O–H groups in total. The van der Waals surface area contributed by atoms with Crippen molar-refractivity contribution in [3.05, 3.63) is 35.4 Å². The Morgan fingerprint density at radius 3 is 3.04 bits per heavy atom. The highest BCUT2D eigenvalue weighted by Crippen LogP contribution is 2.55. The van der Waals surface area contributed by atoms with Gasteiger partial charge >= 0.3 is 5.97 Å². The molecule has 5 heteroatoms. The third-order valence-corrected chi connectivity index (χ3v) is 5.70. The summed E-state index contributed by atoms with van der Waals surface area (Å²) < 4.78 is 17.5. The van der Waals surface area contributed by atoms with Crippen molar-refractivity contribution in [3.63, 3.8) is 0 Å². The van der Waals surface area contributed by atoms with Crippen LogP contribution in [0, 0.1) is 0 Å². The van der Waals surface area contributed by atoms with Crippen LogP contribution in [0.3, 0.4) is 0 Å². The number of esters is 1. The van der Waals surface area contributed by atoms with E-state index in [0.29, 0.717) is 12.8 Å². The minimum atomic E-state index is -0.215. The quantitative estimate of drug-likeness (QED) is 0.624. The van der Waals surface area contributed by atoms with Crippen LogP contribution < -0.4 is 9.47 Å². The first-order valence-corrected chi connectivity index (χ1v) is 9.01. The second-order valence-electron chi connectivity index (χ2n) is 7.24. The van der Waals surface area contributed by atoms with Crippen LogP contribution >= 0.6 is 0 Å². The van der Waals surface area contributed by atoms with Crippen LogP contribution in [0.25, 0.3) is 0 Å². The third-order valence-electron chi connectivity index (χ3n) is 5.70. The molecule has 0 radical (unpaired) electrons. The molecule has 1 aliphatic carbocycles. The van der Waals surface area contributed by atoms with Crippen molar-refractivity contribution >= 4 is 5.97 Å². The summed E-state index contributed by atoms with van der Waals surface area (Å²) in [6.07, 6.45) is 6.11. The smallest absolute Gasteiger partial charge is 0.306 e. The van der Waals surface area contributed by atoms with Gasteiger partial charge in [0.05, 0.1) is 12.5 Å². The third kappa shape index (κ3) is 2.53. The zero-order valence-corrected chi connectivity index (χ0v) is 15.1. The molecule has 0 saturated heterocycles. The van der Waals surface area contributed by atoms with Crippen molar-refractivity contribution in [1.82, 2.24) is 4.90 Å². The summed E-state index contributed by atoms with van der Waals surface area (Å²) in [6, 6.07) is 4.15. The summed E-state index contributed by atoms with van der Waals surface area (Å²) in [4.78, 5) is 14.0. The number of hydrogen-bond acceptors (Lipinski definition) is 5. The maximum Gasteiger partial charge on any atom is 0.306 e. The molecular weight excluding hydrogens is 318 g/mol. The highest BCUT2D eigenvalue weighted by Gasteiger charge is 2.53. The van der Waals surface area contributed by atoms with Gasteiger partial charge in [-0.1, -0.05) is 19.1 Å². The molecule has 0 amide bonds. The lowest BCUT2D eigenvalue weighted by atomic mass is 9.69. The second kappa shape index (κ2) is 6.06. The predicted octanol–water partition coefficient (Wildman–Crippen LogP) is 2.81. The molecule has 0 aromatic heterocycles.